The highest BCUT2D eigenvalue weighted by Crippen LogP contribution is 2.34. The number of tetrazole rings is 1. The first-order valence-electron chi connectivity index (χ1n) is 13.7. The number of nitrogens with one attached hydrogen (secondary N) is 3. The Morgan fingerprint density at radius 3 is 2.74 bits per heavy atom. The van der Waals surface area contributed by atoms with Gasteiger partial charge in [0.2, 0.25) is 5.91 Å². The van der Waals surface area contributed by atoms with Crippen LogP contribution in [0.3, 0.4) is 0 Å². The lowest BCUT2D eigenvalue weighted by Crippen LogP contribution is -2.27. The number of benzene rings is 2. The lowest BCUT2D eigenvalue weighted by Gasteiger charge is -2.16. The van der Waals surface area contributed by atoms with Gasteiger partial charge in [-0.25, -0.2) is 9.78 Å². The van der Waals surface area contributed by atoms with Crippen molar-refractivity contribution in [2.24, 2.45) is 0 Å². The van der Waals surface area contributed by atoms with Crippen molar-refractivity contribution in [1.82, 2.24) is 35.5 Å². The quantitative estimate of drug-likeness (QED) is 0.226. The summed E-state index contributed by atoms with van der Waals surface area (Å²) in [5, 5.41) is 18.0. The van der Waals surface area contributed by atoms with Gasteiger partial charge < -0.3 is 15.0 Å². The van der Waals surface area contributed by atoms with Crippen LogP contribution in [0.5, 0.6) is 0 Å². The molecule has 0 fully saturated rings. The number of imidazole rings is 1. The number of carbonyl (C=O) groups excluding carboxylic acids is 2. The van der Waals surface area contributed by atoms with E-state index in [0.717, 1.165) is 49.7 Å². The van der Waals surface area contributed by atoms with Gasteiger partial charge >= 0.3 is 6.09 Å². The van der Waals surface area contributed by atoms with Crippen LogP contribution in [0.25, 0.3) is 23.0 Å². The van der Waals surface area contributed by atoms with Crippen LogP contribution in [-0.4, -0.2) is 49.3 Å². The zero-order valence-corrected chi connectivity index (χ0v) is 24.5. The fraction of sp³-hybridized carbons (Fsp3) is 0.310. The van der Waals surface area contributed by atoms with E-state index in [1.807, 2.05) is 12.1 Å². The number of nitrogens with zero attached hydrogens (tertiary/aromatic N) is 5. The van der Waals surface area contributed by atoms with E-state index >= 15 is 0 Å². The van der Waals surface area contributed by atoms with Gasteiger partial charge in [-0.3, -0.25) is 10.1 Å². The number of aromatic nitrogens is 6. The lowest BCUT2D eigenvalue weighted by molar-refractivity contribution is -0.117. The summed E-state index contributed by atoms with van der Waals surface area (Å²) in [5.41, 5.74) is 4.49. The Balaban J connectivity index is 1.40. The average Bonchev–Trinajstić information content (AvgIpc) is 3.65. The van der Waals surface area contributed by atoms with Crippen molar-refractivity contribution in [2.45, 2.75) is 51.0 Å². The summed E-state index contributed by atoms with van der Waals surface area (Å²) in [5.74, 6) is 0.288. The molecule has 0 radical (unpaired) electrons. The van der Waals surface area contributed by atoms with Crippen molar-refractivity contribution in [1.29, 1.82) is 0 Å². The highest BCUT2D eigenvalue weighted by atomic mass is 35.5. The Hall–Kier alpha value is -4.22. The summed E-state index contributed by atoms with van der Waals surface area (Å²) in [6.07, 6.45) is 10.7. The summed E-state index contributed by atoms with van der Waals surface area (Å²) in [6, 6.07) is 10.5. The number of halogens is 2. The summed E-state index contributed by atoms with van der Waals surface area (Å²) in [6.45, 7) is 0. The molecular weight excluding hydrogens is 579 g/mol. The van der Waals surface area contributed by atoms with Gasteiger partial charge in [0.25, 0.3) is 0 Å². The average molecular weight is 610 g/mol. The van der Waals surface area contributed by atoms with Crippen molar-refractivity contribution in [2.75, 3.05) is 12.4 Å². The van der Waals surface area contributed by atoms with Crippen LogP contribution in [0.15, 0.2) is 48.8 Å². The Morgan fingerprint density at radius 2 is 1.93 bits per heavy atom. The minimum atomic E-state index is -0.533. The third kappa shape index (κ3) is 7.15. The summed E-state index contributed by atoms with van der Waals surface area (Å²) in [4.78, 5) is 33.0. The van der Waals surface area contributed by atoms with Crippen LogP contribution in [0.1, 0.15) is 61.5 Å². The number of carbonyl (C=O) groups is 2. The molecule has 42 heavy (non-hydrogen) atoms. The fourth-order valence-electron chi connectivity index (χ4n) is 4.99. The van der Waals surface area contributed by atoms with E-state index in [2.05, 4.69) is 31.1 Å². The van der Waals surface area contributed by atoms with Crippen molar-refractivity contribution in [3.63, 3.8) is 0 Å². The molecule has 1 aliphatic rings. The third-order valence-electron chi connectivity index (χ3n) is 7.06. The van der Waals surface area contributed by atoms with E-state index in [1.54, 1.807) is 30.3 Å². The molecule has 3 N–H and O–H groups in total. The molecule has 1 aliphatic heterocycles. The van der Waals surface area contributed by atoms with Crippen LogP contribution < -0.4 is 10.6 Å². The number of anilines is 1. The molecule has 13 heteroatoms. The third-order valence-corrected chi connectivity index (χ3v) is 7.56. The molecule has 1 unspecified atom stereocenters. The molecule has 2 bridgehead atoms. The number of hydrogen-bond donors (Lipinski definition) is 3. The second kappa shape index (κ2) is 13.6. The van der Waals surface area contributed by atoms with E-state index in [-0.39, 0.29) is 11.9 Å². The maximum absolute atomic E-state index is 13.2. The second-order valence-corrected chi connectivity index (χ2v) is 10.7. The number of aromatic amines is 1. The van der Waals surface area contributed by atoms with Gasteiger partial charge in [-0.15, -0.1) is 5.10 Å². The number of aryl methyl sites for hydroxylation is 1. The number of ether oxygens (including phenoxy) is 1. The highest BCUT2D eigenvalue weighted by Gasteiger charge is 2.22. The highest BCUT2D eigenvalue weighted by molar-refractivity contribution is 6.32. The number of H-pyrrole nitrogens is 1. The van der Waals surface area contributed by atoms with Crippen LogP contribution in [0.4, 0.5) is 10.5 Å². The number of fused-ring (bicyclic) bond motifs is 4. The normalized spacial score (nSPS) is 15.6. The van der Waals surface area contributed by atoms with E-state index < -0.39 is 6.09 Å². The first kappa shape index (κ1) is 29.3. The van der Waals surface area contributed by atoms with Gasteiger partial charge in [-0.2, -0.15) is 4.68 Å². The minimum absolute atomic E-state index is 0.292. The van der Waals surface area contributed by atoms with Gasteiger partial charge in [0, 0.05) is 27.9 Å². The Morgan fingerprint density at radius 1 is 1.10 bits per heavy atom. The molecule has 11 nitrogen and oxygen atoms in total. The predicted octanol–water partition coefficient (Wildman–Crippen LogP) is 6.30. The SMILES string of the molecule is COC(=O)Nc1ccc2c(c1)CCCCCCCC(NC(=O)C=Cc1cc(Cl)ccc1-n1cnnn1)c1nc-2c(Cl)[nH]1. The number of amides is 2. The van der Waals surface area contributed by atoms with Crippen LogP contribution in [-0.2, 0) is 16.0 Å². The topological polar surface area (TPSA) is 140 Å². The predicted molar refractivity (Wildman–Crippen MR) is 161 cm³/mol. The molecular formula is C29H30Cl2N8O3. The maximum atomic E-state index is 13.2. The zero-order valence-electron chi connectivity index (χ0n) is 22.9. The Kier molecular flexibility index (Phi) is 9.50. The molecule has 3 heterocycles. The molecule has 0 saturated heterocycles. The van der Waals surface area contributed by atoms with Crippen LogP contribution in [0.2, 0.25) is 10.2 Å². The molecule has 2 aromatic carbocycles. The van der Waals surface area contributed by atoms with Gasteiger partial charge in [-0.1, -0.05) is 55.0 Å². The van der Waals surface area contributed by atoms with E-state index in [0.29, 0.717) is 45.1 Å². The van der Waals surface area contributed by atoms with Crippen LogP contribution in [0, 0.1) is 0 Å². The molecule has 0 aliphatic carbocycles. The molecule has 0 saturated carbocycles. The standard InChI is InChI=1S/C29H30Cl2N8O3/c1-42-29(41)33-21-11-12-22-18(16-21)7-5-3-2-4-6-8-23(28-35-26(22)27(31)36-28)34-25(40)14-9-19-15-20(30)10-13-24(19)39-17-32-37-38-39/h9-17,23H,2-8H2,1H3,(H,33,41)(H,34,40)(H,35,36). The first-order chi connectivity index (χ1) is 20.4. The second-order valence-electron chi connectivity index (χ2n) is 9.93. The molecule has 2 aromatic heterocycles. The van der Waals surface area contributed by atoms with Crippen molar-refractivity contribution in [3.8, 4) is 16.9 Å². The molecule has 218 valence electrons. The Bertz CT molecular complexity index is 1590. The fourth-order valence-corrected chi connectivity index (χ4v) is 5.41. The zero-order chi connectivity index (χ0) is 29.5. The van der Waals surface area contributed by atoms with Crippen molar-refractivity contribution < 1.29 is 14.3 Å². The van der Waals surface area contributed by atoms with E-state index in [4.69, 9.17) is 32.9 Å². The largest absolute Gasteiger partial charge is 0.453 e. The van der Waals surface area contributed by atoms with Gasteiger partial charge in [0.1, 0.15) is 23.0 Å². The summed E-state index contributed by atoms with van der Waals surface area (Å²) < 4.78 is 6.24. The van der Waals surface area contributed by atoms with Crippen molar-refractivity contribution in [3.05, 3.63) is 75.9 Å². The molecule has 1 atom stereocenters. The molecule has 4 aromatic rings. The lowest BCUT2D eigenvalue weighted by atomic mass is 9.98. The first-order valence-corrected chi connectivity index (χ1v) is 14.4. The summed E-state index contributed by atoms with van der Waals surface area (Å²) >= 11 is 12.9. The maximum Gasteiger partial charge on any atom is 0.411 e. The molecule has 5 rings (SSSR count). The van der Waals surface area contributed by atoms with Gasteiger partial charge in [0.05, 0.1) is 18.8 Å². The number of hydrogen-bond acceptors (Lipinski definition) is 7. The molecule has 0 spiro atoms. The van der Waals surface area contributed by atoms with Gasteiger partial charge in [-0.05, 0) is 71.7 Å². The van der Waals surface area contributed by atoms with Crippen LogP contribution >= 0.6 is 23.2 Å². The van der Waals surface area contributed by atoms with E-state index in [9.17, 15) is 9.59 Å². The number of methoxy groups -OCH3 is 1. The Labute approximate surface area is 252 Å². The van der Waals surface area contributed by atoms with E-state index in [1.165, 1.54) is 24.2 Å². The van der Waals surface area contributed by atoms with Gasteiger partial charge in [0.15, 0.2) is 0 Å². The molecule has 2 amide bonds. The monoisotopic (exact) mass is 608 g/mol. The summed E-state index contributed by atoms with van der Waals surface area (Å²) in [7, 11) is 1.33. The van der Waals surface area contributed by atoms with Crippen molar-refractivity contribution >= 4 is 47.0 Å². The minimum Gasteiger partial charge on any atom is -0.453 e. The number of rotatable bonds is 5. The smallest absolute Gasteiger partial charge is 0.411 e.